The number of hydrogen-bond acceptors (Lipinski definition) is 7. The highest BCUT2D eigenvalue weighted by Gasteiger charge is 2.18. The van der Waals surface area contributed by atoms with E-state index in [1.54, 1.807) is 96.3 Å². The van der Waals surface area contributed by atoms with Gasteiger partial charge in [-0.15, -0.1) is 0 Å². The van der Waals surface area contributed by atoms with Crippen LogP contribution in [0.2, 0.25) is 0 Å². The number of anilines is 2. The Morgan fingerprint density at radius 2 is 0.877 bits per heavy atom. The zero-order valence-electron chi connectivity index (χ0n) is 33.3. The molecule has 57 heavy (non-hydrogen) atoms. The number of aromatic nitrogens is 2. The Balaban J connectivity index is 0.956. The molecule has 2 aliphatic heterocycles. The summed E-state index contributed by atoms with van der Waals surface area (Å²) in [5.41, 5.74) is 3.38. The van der Waals surface area contributed by atoms with Gasteiger partial charge in [-0.1, -0.05) is 49.9 Å². The fraction of sp³-hybridized carbons (Fsp3) is 0.432. The number of hydrogen-bond donors (Lipinski definition) is 4. The monoisotopic (exact) mass is 776 g/mol. The van der Waals surface area contributed by atoms with Gasteiger partial charge < -0.3 is 40.2 Å². The highest BCUT2D eigenvalue weighted by Crippen LogP contribution is 2.19. The Morgan fingerprint density at radius 3 is 1.32 bits per heavy atom. The first-order valence-electron chi connectivity index (χ1n) is 20.4. The molecule has 13 nitrogen and oxygen atoms in total. The van der Waals surface area contributed by atoms with Crippen molar-refractivity contribution in [3.63, 3.8) is 0 Å². The fourth-order valence-electron chi connectivity index (χ4n) is 7.57. The zero-order valence-corrected chi connectivity index (χ0v) is 33.3. The van der Waals surface area contributed by atoms with Gasteiger partial charge in [0.2, 0.25) is 0 Å². The zero-order chi connectivity index (χ0) is 40.1. The van der Waals surface area contributed by atoms with Crippen LogP contribution in [0.15, 0.2) is 73.1 Å². The smallest absolute Gasteiger partial charge is 0.268 e. The number of carbonyl (C=O) groups excluding carboxylic acids is 5. The quantitative estimate of drug-likeness (QED) is 0.0894. The highest BCUT2D eigenvalue weighted by atomic mass is 16.2. The second-order valence-electron chi connectivity index (χ2n) is 15.2. The Bertz CT molecular complexity index is 2000. The summed E-state index contributed by atoms with van der Waals surface area (Å²) in [6, 6.07) is 16.0. The molecule has 0 radical (unpaired) electrons. The van der Waals surface area contributed by atoms with Crippen LogP contribution in [0.4, 0.5) is 11.4 Å². The van der Waals surface area contributed by atoms with Gasteiger partial charge in [-0.05, 0) is 101 Å². The summed E-state index contributed by atoms with van der Waals surface area (Å²) < 4.78 is 3.37. The summed E-state index contributed by atoms with van der Waals surface area (Å²) in [5, 5.41) is 11.7. The van der Waals surface area contributed by atoms with Crippen LogP contribution in [-0.2, 0) is 14.1 Å². The lowest BCUT2D eigenvalue weighted by Gasteiger charge is -2.19. The molecule has 0 spiro atoms. The van der Waals surface area contributed by atoms with E-state index in [0.717, 1.165) is 45.7 Å². The van der Waals surface area contributed by atoms with Crippen molar-refractivity contribution in [2.75, 3.05) is 63.0 Å². The van der Waals surface area contributed by atoms with Gasteiger partial charge in [-0.2, -0.15) is 0 Å². The molecule has 2 aliphatic rings. The molecule has 4 aromatic rings. The van der Waals surface area contributed by atoms with Gasteiger partial charge in [-0.3, -0.25) is 24.0 Å². The van der Waals surface area contributed by atoms with Gasteiger partial charge in [0.1, 0.15) is 11.4 Å². The summed E-state index contributed by atoms with van der Waals surface area (Å²) >= 11 is 0. The Hall–Kier alpha value is -5.53. The average molecular weight is 777 g/mol. The number of ketones is 1. The predicted octanol–water partition coefficient (Wildman–Crippen LogP) is 5.70. The minimum Gasteiger partial charge on any atom is -0.351 e. The van der Waals surface area contributed by atoms with E-state index in [1.807, 2.05) is 0 Å². The highest BCUT2D eigenvalue weighted by molar-refractivity contribution is 6.11. The molecule has 2 aromatic carbocycles. The van der Waals surface area contributed by atoms with Crippen LogP contribution in [0.1, 0.15) is 115 Å². The minimum atomic E-state index is -0.368. The van der Waals surface area contributed by atoms with Crippen LogP contribution >= 0.6 is 0 Å². The van der Waals surface area contributed by atoms with Crippen molar-refractivity contribution in [1.82, 2.24) is 29.6 Å². The normalized spacial score (nSPS) is 15.3. The molecule has 0 atom stereocenters. The number of aryl methyl sites for hydroxylation is 2. The summed E-state index contributed by atoms with van der Waals surface area (Å²) in [6.07, 6.45) is 14.3. The minimum absolute atomic E-state index is 0.190. The molecule has 0 bridgehead atoms. The number of benzene rings is 2. The van der Waals surface area contributed by atoms with Gasteiger partial charge in [0.05, 0.1) is 11.4 Å². The SMILES string of the molecule is Cn1cc(NC(=O)c2ccc(C(=O)c3ccc(C(=O)Nc4cc(C(=O)NCCN5CCCCCC5)n(C)c4)cc3)cc2)cc1C(=O)NCCCN1CCCCCC1. The first kappa shape index (κ1) is 41.1. The van der Waals surface area contributed by atoms with Crippen molar-refractivity contribution in [3.05, 3.63) is 107 Å². The summed E-state index contributed by atoms with van der Waals surface area (Å²) in [5.74, 6) is -1.38. The number of rotatable bonds is 15. The molecule has 0 aliphatic carbocycles. The molecule has 6 rings (SSSR count). The number of likely N-dealkylation sites (tertiary alicyclic amines) is 2. The predicted molar refractivity (Wildman–Crippen MR) is 222 cm³/mol. The van der Waals surface area contributed by atoms with Crippen LogP contribution in [0, 0.1) is 0 Å². The maximum absolute atomic E-state index is 13.3. The van der Waals surface area contributed by atoms with Gasteiger partial charge >= 0.3 is 0 Å². The fourth-order valence-corrected chi connectivity index (χ4v) is 7.57. The van der Waals surface area contributed by atoms with Crippen LogP contribution < -0.4 is 21.3 Å². The number of nitrogens with zero attached hydrogens (tertiary/aromatic N) is 4. The Kier molecular flexibility index (Phi) is 14.5. The molecule has 0 unspecified atom stereocenters. The van der Waals surface area contributed by atoms with Crippen molar-refractivity contribution < 1.29 is 24.0 Å². The van der Waals surface area contributed by atoms with E-state index >= 15 is 0 Å². The molecule has 13 heteroatoms. The van der Waals surface area contributed by atoms with E-state index in [1.165, 1.54) is 51.4 Å². The van der Waals surface area contributed by atoms with Crippen molar-refractivity contribution in [2.24, 2.45) is 14.1 Å². The first-order valence-corrected chi connectivity index (χ1v) is 20.4. The third-order valence-electron chi connectivity index (χ3n) is 10.9. The van der Waals surface area contributed by atoms with Gasteiger partial charge in [0.15, 0.2) is 5.78 Å². The van der Waals surface area contributed by atoms with Crippen molar-refractivity contribution >= 4 is 40.8 Å². The first-order chi connectivity index (χ1) is 27.6. The van der Waals surface area contributed by atoms with E-state index in [2.05, 4.69) is 31.1 Å². The van der Waals surface area contributed by atoms with E-state index < -0.39 is 0 Å². The van der Waals surface area contributed by atoms with Crippen molar-refractivity contribution in [1.29, 1.82) is 0 Å². The standard InChI is InChI=1S/C44H56N8O5/c1-49-30-36(28-38(49)43(56)45-20-11-26-51-22-7-3-4-8-23-51)47-41(54)34-16-12-32(13-17-34)40(53)33-14-18-35(19-15-33)42(55)48-37-29-39(50(2)31-37)44(57)46-21-27-52-24-9-5-6-10-25-52/h12-19,28-31H,3-11,20-27H2,1-2H3,(H,45,56)(H,46,57)(H,47,54)(H,48,55). The lowest BCUT2D eigenvalue weighted by Crippen LogP contribution is -2.36. The Morgan fingerprint density at radius 1 is 0.491 bits per heavy atom. The maximum Gasteiger partial charge on any atom is 0.268 e. The summed E-state index contributed by atoms with van der Waals surface area (Å²) in [4.78, 5) is 70.0. The molecule has 302 valence electrons. The van der Waals surface area contributed by atoms with Crippen molar-refractivity contribution in [3.8, 4) is 0 Å². The van der Waals surface area contributed by atoms with Crippen LogP contribution in [0.3, 0.4) is 0 Å². The van der Waals surface area contributed by atoms with E-state index in [9.17, 15) is 24.0 Å². The lowest BCUT2D eigenvalue weighted by atomic mass is 10.0. The molecule has 0 saturated carbocycles. The lowest BCUT2D eigenvalue weighted by molar-refractivity contribution is 0.0933. The molecule has 4 heterocycles. The summed E-state index contributed by atoms with van der Waals surface area (Å²) in [6.45, 7) is 7.34. The second kappa shape index (κ2) is 20.1. The maximum atomic E-state index is 13.3. The largest absolute Gasteiger partial charge is 0.351 e. The van der Waals surface area contributed by atoms with Crippen LogP contribution in [-0.4, -0.2) is 101 Å². The van der Waals surface area contributed by atoms with Crippen LogP contribution in [0.5, 0.6) is 0 Å². The summed E-state index contributed by atoms with van der Waals surface area (Å²) in [7, 11) is 3.53. The molecule has 2 saturated heterocycles. The molecular formula is C44H56N8O5. The number of carbonyl (C=O) groups is 5. The molecule has 2 fully saturated rings. The van der Waals surface area contributed by atoms with E-state index in [-0.39, 0.29) is 29.4 Å². The topological polar surface area (TPSA) is 150 Å². The van der Waals surface area contributed by atoms with Crippen LogP contribution in [0.25, 0.3) is 0 Å². The van der Waals surface area contributed by atoms with Gasteiger partial charge in [-0.25, -0.2) is 0 Å². The molecule has 4 amide bonds. The molecular weight excluding hydrogens is 721 g/mol. The van der Waals surface area contributed by atoms with Gasteiger partial charge in [0.25, 0.3) is 23.6 Å². The average Bonchev–Trinajstić information content (AvgIpc) is 3.50. The Labute approximate surface area is 335 Å². The molecule has 2 aromatic heterocycles. The van der Waals surface area contributed by atoms with E-state index in [4.69, 9.17) is 0 Å². The third-order valence-corrected chi connectivity index (χ3v) is 10.9. The molecule has 4 N–H and O–H groups in total. The van der Waals surface area contributed by atoms with Gasteiger partial charge in [0, 0.05) is 68.4 Å². The third kappa shape index (κ3) is 11.5. The number of amides is 4. The number of nitrogens with one attached hydrogen (secondary N) is 4. The van der Waals surface area contributed by atoms with E-state index in [0.29, 0.717) is 58.1 Å². The van der Waals surface area contributed by atoms with Crippen molar-refractivity contribution in [2.45, 2.75) is 57.8 Å². The second-order valence-corrected chi connectivity index (χ2v) is 15.2.